The molecule has 6 aliphatic heterocycles. The third-order valence-electron chi connectivity index (χ3n) is 19.8. The predicted molar refractivity (Wildman–Crippen MR) is 622 cm³/mol. The molecule has 27 nitrogen and oxygen atoms in total. The summed E-state index contributed by atoms with van der Waals surface area (Å²) in [4.78, 5) is 102. The quantitative estimate of drug-likeness (QED) is 0.00972. The van der Waals surface area contributed by atoms with Crippen LogP contribution in [0, 0.1) is 84.2 Å². The molecule has 716 valence electrons. The van der Waals surface area contributed by atoms with Gasteiger partial charge < -0.3 is 74.9 Å². The Balaban J connectivity index is 0.000000390. The molecular formula is C84H97F2I16N6O21S+5. The van der Waals surface area contributed by atoms with E-state index in [1.165, 1.54) is 20.8 Å². The predicted octanol–water partition coefficient (Wildman–Crippen LogP) is 14.6. The van der Waals surface area contributed by atoms with Crippen molar-refractivity contribution in [2.45, 2.75) is 165 Å². The topological polar surface area (TPSA) is 419 Å². The second-order valence-electron chi connectivity index (χ2n) is 30.7. The number of alkyl halides is 2. The van der Waals surface area contributed by atoms with Gasteiger partial charge in [-0.2, -0.15) is 17.2 Å². The second-order valence-corrected chi connectivity index (χ2v) is 49.4. The summed E-state index contributed by atoms with van der Waals surface area (Å²) in [6.07, 6.45) is 21.8. The van der Waals surface area contributed by atoms with Gasteiger partial charge in [-0.15, -0.1) is 36.8 Å². The highest BCUT2D eigenvalue weighted by Gasteiger charge is 2.44. The number of ether oxygens (including phenoxy) is 5. The van der Waals surface area contributed by atoms with Gasteiger partial charge in [0.25, 0.3) is 5.91 Å². The summed E-state index contributed by atoms with van der Waals surface area (Å²) in [5.41, 5.74) is -0.471. The molecule has 5 aromatic rings. The first-order valence-corrected chi connectivity index (χ1v) is 56.8. The Bertz CT molecular complexity index is 5000. The Morgan fingerprint density at radius 3 is 1.08 bits per heavy atom. The van der Waals surface area contributed by atoms with Crippen LogP contribution in [0.15, 0.2) is 85.2 Å². The van der Waals surface area contributed by atoms with Crippen molar-refractivity contribution in [1.82, 2.24) is 4.72 Å². The zero-order valence-electron chi connectivity index (χ0n) is 70.5. The van der Waals surface area contributed by atoms with Gasteiger partial charge in [-0.05, 0) is 447 Å². The maximum absolute atomic E-state index is 12.6. The van der Waals surface area contributed by atoms with E-state index in [1.807, 2.05) is 56.3 Å². The highest BCUT2D eigenvalue weighted by Crippen LogP contribution is 2.36. The molecule has 6 aliphatic rings. The van der Waals surface area contributed by atoms with E-state index in [1.54, 1.807) is 10.8 Å². The molecule has 0 spiro atoms. The Morgan fingerprint density at radius 1 is 0.508 bits per heavy atom. The summed E-state index contributed by atoms with van der Waals surface area (Å²) in [5, 5.41) is 43.6. The number of rotatable bonds is 18. The molecule has 0 saturated carbocycles. The molecule has 6 heterocycles. The van der Waals surface area contributed by atoms with Crippen LogP contribution in [-0.4, -0.2) is 187 Å². The number of aliphatic carboxylic acids is 3. The lowest BCUT2D eigenvalue weighted by Gasteiger charge is -2.35. The van der Waals surface area contributed by atoms with Crippen LogP contribution < -0.4 is 31.3 Å². The van der Waals surface area contributed by atoms with E-state index in [-0.39, 0.29) is 71.6 Å². The number of nitrogens with one attached hydrogen (secondary N) is 1. The number of aliphatic hydroxyl groups is 1. The molecule has 0 atom stereocenters. The molecule has 0 radical (unpaired) electrons. The van der Waals surface area contributed by atoms with E-state index in [4.69, 9.17) is 57.0 Å². The van der Waals surface area contributed by atoms with Crippen LogP contribution in [-0.2, 0) is 57.3 Å². The summed E-state index contributed by atoms with van der Waals surface area (Å²) >= 11 is 33.4. The van der Waals surface area contributed by atoms with Gasteiger partial charge in [-0.25, -0.2) is 33.5 Å². The van der Waals surface area contributed by atoms with Crippen molar-refractivity contribution in [3.63, 3.8) is 0 Å². The number of piperidine rings is 5. The van der Waals surface area contributed by atoms with Crippen LogP contribution in [0.5, 0.6) is 0 Å². The molecule has 5 saturated heterocycles. The highest BCUT2D eigenvalue weighted by molar-refractivity contribution is 14.1. The number of quaternary nitrogens is 5. The largest absolute Gasteiger partial charge is 0.481 e. The second kappa shape index (κ2) is 59.3. The number of carbonyl (C=O) groups is 9. The molecule has 15 N–H and O–H groups in total. The van der Waals surface area contributed by atoms with Gasteiger partial charge in [-0.1, -0.05) is 25.3 Å². The van der Waals surface area contributed by atoms with Gasteiger partial charge in [-0.3, -0.25) is 14.4 Å². The van der Waals surface area contributed by atoms with Crippen LogP contribution in [0.25, 0.3) is 0 Å². The molecule has 0 bridgehead atoms. The maximum Gasteiger partial charge on any atom is 0.409 e. The average Bonchev–Trinajstić information content (AvgIpc) is 0.822. The molecule has 0 aliphatic carbocycles. The number of carboxylic acids is 3. The first-order valence-electron chi connectivity index (χ1n) is 39.3. The number of nitrogens with two attached hydrogens (primary N) is 5. The highest BCUT2D eigenvalue weighted by atomic mass is 127. The number of amides is 1. The smallest absolute Gasteiger partial charge is 0.409 e. The lowest BCUT2D eigenvalue weighted by molar-refractivity contribution is -0.668. The molecule has 1 amide bonds. The van der Waals surface area contributed by atoms with Gasteiger partial charge in [0.15, 0.2) is 11.2 Å². The maximum atomic E-state index is 12.6. The van der Waals surface area contributed by atoms with Crippen LogP contribution in [0.3, 0.4) is 0 Å². The fraction of sp³-hybridized carbons (Fsp3) is 0.440. The van der Waals surface area contributed by atoms with Crippen LogP contribution >= 0.6 is 363 Å². The van der Waals surface area contributed by atoms with Crippen molar-refractivity contribution in [3.8, 4) is 24.7 Å². The number of hydrogen-bond donors (Lipinski definition) is 10. The van der Waals surface area contributed by atoms with E-state index in [0.717, 1.165) is 170 Å². The monoisotopic (exact) mass is 3630 g/mol. The number of allylic oxidation sites excluding steroid dienone is 1. The minimum atomic E-state index is -4.16. The number of benzene rings is 5. The van der Waals surface area contributed by atoms with E-state index in [0.29, 0.717) is 59.4 Å². The molecule has 5 aromatic carbocycles. The van der Waals surface area contributed by atoms with Crippen LogP contribution in [0.1, 0.15) is 177 Å². The summed E-state index contributed by atoms with van der Waals surface area (Å²) in [6.45, 7) is 24.3. The molecule has 0 unspecified atom stereocenters. The van der Waals surface area contributed by atoms with Gasteiger partial charge in [0.1, 0.15) is 29.0 Å². The summed E-state index contributed by atoms with van der Waals surface area (Å²) in [6, 6.07) is 19.7. The first-order chi connectivity index (χ1) is 60.0. The number of carbonyl (C=O) groups excluding carboxylic acids is 6. The van der Waals surface area contributed by atoms with Gasteiger partial charge in [0, 0.05) is 130 Å². The number of halogens is 18. The fourth-order valence-corrected chi connectivity index (χ4v) is 25.6. The summed E-state index contributed by atoms with van der Waals surface area (Å²) in [7, 11) is -3.85. The van der Waals surface area contributed by atoms with Crippen LogP contribution in [0.2, 0.25) is 0 Å². The van der Waals surface area contributed by atoms with E-state index < -0.39 is 74.5 Å². The fourth-order valence-electron chi connectivity index (χ4n) is 12.9. The molecule has 130 heavy (non-hydrogen) atoms. The third kappa shape index (κ3) is 42.9. The van der Waals surface area contributed by atoms with E-state index >= 15 is 0 Å². The van der Waals surface area contributed by atoms with Crippen molar-refractivity contribution in [3.05, 3.63) is 167 Å². The van der Waals surface area contributed by atoms with Gasteiger partial charge >= 0.3 is 64.0 Å². The zero-order valence-corrected chi connectivity index (χ0v) is 106. The van der Waals surface area contributed by atoms with E-state index in [9.17, 15) is 60.3 Å². The van der Waals surface area contributed by atoms with Gasteiger partial charge in [0.2, 0.25) is 0 Å². The standard InChI is InChI=1S/C15H18I3NO2.C14H16I3NO2.C14H14I3NO2.2C14H12I3NO2.C5H10O3.C4H4F2O4.C4H5NO4S.HI/c1-15(2,9-3-5-19-6-4-9)21-14(20)11-7-10(16)8-12(17)13(11)18;4*1-2-14(3-5-18-6-4-14)20-13(19)10-7-9(15)8-11(16)12(10)17;1-5(2,8)3-4(6)7;5-4(6,3(9)10)1-2(7)8;1-3-2-4(6)5-10(7,8)9-3;/h7-9,19H,3-6H2,1-2H3;7-8,18H,2-6H2,1H3;2,7-8,18H,1,3-6H2;2*1,7-8,18H,3-6H2;8H,3H2,1-2H3,(H,6,7);1H2,(H,7,8)(H,9,10);2H,1H3,(H,5,6);1H/p+5. The molecular weight excluding hydrogens is 3530 g/mol. The van der Waals surface area contributed by atoms with Crippen molar-refractivity contribution in [2.75, 3.05) is 65.4 Å². The number of carboxylic acid groups (broad SMARTS) is 3. The minimum Gasteiger partial charge on any atom is -0.481 e. The lowest BCUT2D eigenvalue weighted by Crippen LogP contribution is -2.88. The minimum absolute atomic E-state index is 0. The number of terminal acetylenes is 2. The molecule has 0 aromatic heterocycles. The SMILES string of the molecule is C#CC1(OC(=O)c2cc(I)cc(I)c2I)CC[NH2+]CC1.C#CC1(OC(=O)c2cc(I)cc(I)c2I)CC[NH2+]CC1.C=CC1(OC(=O)c2cc(I)cc(I)c2I)CC[NH2+]CC1.CC(C)(O)CC(=O)O.CC(C)(OC(=O)c1cc(I)cc(I)c1I)C1CC[NH2+]CC1.CC1=CC(=O)NS(=O)(=O)O1.CCC1(OC(=O)c2cc(I)cc(I)c2I)CC[NH2+]CC1.I.O=C(O)CC(F)(F)C(=O)O. The van der Waals surface area contributed by atoms with E-state index in [2.05, 4.69) is 413 Å². The van der Waals surface area contributed by atoms with Crippen molar-refractivity contribution in [2.24, 2.45) is 5.92 Å². The molecule has 5 fully saturated rings. The Labute approximate surface area is 977 Å². The lowest BCUT2D eigenvalue weighted by atomic mass is 9.83. The average molecular weight is 3630 g/mol. The Hall–Kier alpha value is 0.980. The first kappa shape index (κ1) is 125. The van der Waals surface area contributed by atoms with Gasteiger partial charge in [0.05, 0.1) is 105 Å². The van der Waals surface area contributed by atoms with Crippen LogP contribution in [0.4, 0.5) is 8.78 Å². The van der Waals surface area contributed by atoms with Crippen molar-refractivity contribution < 1.29 is 135 Å². The van der Waals surface area contributed by atoms with Crippen molar-refractivity contribution in [1.29, 1.82) is 0 Å². The third-order valence-corrected chi connectivity index (χ3v) is 39.1. The van der Waals surface area contributed by atoms with Crippen molar-refractivity contribution >= 4 is 427 Å². The normalized spacial score (nSPS) is 16.8. The Morgan fingerprint density at radius 2 is 0.808 bits per heavy atom. The number of hydrogen-bond acceptors (Lipinski definition) is 18. The summed E-state index contributed by atoms with van der Waals surface area (Å²) in [5.74, 6) is -5.40. The zero-order chi connectivity index (χ0) is 97.5. The molecule has 11 rings (SSSR count). The Kier molecular flexibility index (Phi) is 57.1. The molecule has 46 heteroatoms. The summed E-state index contributed by atoms with van der Waals surface area (Å²) < 4.78 is 94.8. The number of esters is 5.